The Kier molecular flexibility index (Phi) is 9.71. The highest BCUT2D eigenvalue weighted by Crippen LogP contribution is 2.27. The number of benzene rings is 3. The highest BCUT2D eigenvalue weighted by molar-refractivity contribution is 7.92. The van der Waals surface area contributed by atoms with E-state index in [1.165, 1.54) is 24.1 Å². The minimum Gasteiger partial charge on any atom is -0.494 e. The molecule has 3 rings (SSSR count). The van der Waals surface area contributed by atoms with Crippen molar-refractivity contribution in [3.8, 4) is 5.75 Å². The van der Waals surface area contributed by atoms with E-state index in [9.17, 15) is 22.4 Å². The molecule has 0 aliphatic heterocycles. The lowest BCUT2D eigenvalue weighted by Gasteiger charge is -2.31. The summed E-state index contributed by atoms with van der Waals surface area (Å²) in [4.78, 5) is 27.3. The number of nitrogens with zero attached hydrogens (tertiary/aromatic N) is 2. The molecule has 8 nitrogen and oxygen atoms in total. The number of ether oxygens (including phenoxy) is 1. The molecular formula is C27H29ClFN3O5S. The SMILES string of the molecule is CCOc1ccc(N(CC(=O)N(Cc2ccc(Cl)cc2)[C@H](C)C(=O)NC)S(=O)(=O)c2ccc(F)cc2)cc1. The summed E-state index contributed by atoms with van der Waals surface area (Å²) in [5.74, 6) is -1.10. The van der Waals surface area contributed by atoms with Crippen LogP contribution >= 0.6 is 11.6 Å². The molecule has 2 amide bonds. The van der Waals surface area contributed by atoms with Gasteiger partial charge in [0.2, 0.25) is 11.8 Å². The molecule has 0 spiro atoms. The molecule has 0 saturated carbocycles. The fourth-order valence-electron chi connectivity index (χ4n) is 3.72. The summed E-state index contributed by atoms with van der Waals surface area (Å²) in [6.45, 7) is 3.23. The van der Waals surface area contributed by atoms with Crippen molar-refractivity contribution in [2.75, 3.05) is 24.5 Å². The van der Waals surface area contributed by atoms with Gasteiger partial charge in [0.05, 0.1) is 17.2 Å². The molecule has 11 heteroatoms. The lowest BCUT2D eigenvalue weighted by atomic mass is 10.1. The fourth-order valence-corrected chi connectivity index (χ4v) is 5.26. The summed E-state index contributed by atoms with van der Waals surface area (Å²) in [5, 5.41) is 3.04. The predicted molar refractivity (Wildman–Crippen MR) is 144 cm³/mol. The van der Waals surface area contributed by atoms with Crippen molar-refractivity contribution in [1.82, 2.24) is 10.2 Å². The molecule has 0 aliphatic carbocycles. The Hall–Kier alpha value is -3.63. The standard InChI is InChI=1S/C27H29ClFN3O5S/c1-4-37-24-13-11-23(12-14-24)32(38(35,36)25-15-9-22(29)10-16-25)18-26(33)31(19(2)27(34)30-3)17-20-5-7-21(28)8-6-20/h5-16,19H,4,17-18H2,1-3H3,(H,30,34)/t19-/m1/s1. The van der Waals surface area contributed by atoms with Gasteiger partial charge < -0.3 is 15.0 Å². The van der Waals surface area contributed by atoms with Crippen LogP contribution in [0.1, 0.15) is 19.4 Å². The number of sulfonamides is 1. The van der Waals surface area contributed by atoms with Crippen molar-refractivity contribution in [2.45, 2.75) is 31.3 Å². The minimum absolute atomic E-state index is 0.0400. The van der Waals surface area contributed by atoms with Gasteiger partial charge in [0.15, 0.2) is 0 Å². The normalized spacial score (nSPS) is 11.9. The zero-order valence-corrected chi connectivity index (χ0v) is 22.8. The van der Waals surface area contributed by atoms with Crippen molar-refractivity contribution >= 4 is 39.1 Å². The van der Waals surface area contributed by atoms with Gasteiger partial charge in [0.25, 0.3) is 10.0 Å². The van der Waals surface area contributed by atoms with Gasteiger partial charge in [0.1, 0.15) is 24.2 Å². The van der Waals surface area contributed by atoms with Gasteiger partial charge in [-0.15, -0.1) is 0 Å². The van der Waals surface area contributed by atoms with Crippen molar-refractivity contribution in [3.05, 3.63) is 89.2 Å². The summed E-state index contributed by atoms with van der Waals surface area (Å²) in [6.07, 6.45) is 0. The molecule has 3 aromatic rings. The summed E-state index contributed by atoms with van der Waals surface area (Å²) >= 11 is 5.98. The van der Waals surface area contributed by atoms with Crippen LogP contribution < -0.4 is 14.4 Å². The van der Waals surface area contributed by atoms with E-state index in [0.717, 1.165) is 28.6 Å². The van der Waals surface area contributed by atoms with Gasteiger partial charge in [-0.2, -0.15) is 0 Å². The van der Waals surface area contributed by atoms with Gasteiger partial charge in [0, 0.05) is 18.6 Å². The van der Waals surface area contributed by atoms with E-state index < -0.39 is 40.2 Å². The van der Waals surface area contributed by atoms with E-state index in [1.54, 1.807) is 43.3 Å². The van der Waals surface area contributed by atoms with Crippen molar-refractivity contribution in [1.29, 1.82) is 0 Å². The Morgan fingerprint density at radius 1 is 1.00 bits per heavy atom. The van der Waals surface area contributed by atoms with Crippen molar-refractivity contribution in [2.24, 2.45) is 0 Å². The van der Waals surface area contributed by atoms with E-state index in [0.29, 0.717) is 22.9 Å². The van der Waals surface area contributed by atoms with E-state index in [2.05, 4.69) is 5.32 Å². The molecule has 0 fully saturated rings. The number of amides is 2. The molecule has 202 valence electrons. The first-order chi connectivity index (χ1) is 18.1. The Bertz CT molecular complexity index is 1350. The Balaban J connectivity index is 2.02. The number of hydrogen-bond acceptors (Lipinski definition) is 5. The third-order valence-electron chi connectivity index (χ3n) is 5.80. The molecule has 0 unspecified atom stereocenters. The molecule has 0 radical (unpaired) electrons. The lowest BCUT2D eigenvalue weighted by molar-refractivity contribution is -0.139. The number of carbonyl (C=O) groups is 2. The predicted octanol–water partition coefficient (Wildman–Crippen LogP) is 4.24. The summed E-state index contributed by atoms with van der Waals surface area (Å²) in [5.41, 5.74) is 0.901. The fraction of sp³-hybridized carbons (Fsp3) is 0.259. The largest absolute Gasteiger partial charge is 0.494 e. The molecule has 0 saturated heterocycles. The first kappa shape index (κ1) is 28.9. The smallest absolute Gasteiger partial charge is 0.264 e. The van der Waals surface area contributed by atoms with E-state index in [-0.39, 0.29) is 17.1 Å². The van der Waals surface area contributed by atoms with Gasteiger partial charge >= 0.3 is 0 Å². The molecule has 0 aliphatic rings. The van der Waals surface area contributed by atoms with Crippen molar-refractivity contribution in [3.63, 3.8) is 0 Å². The molecular weight excluding hydrogens is 533 g/mol. The van der Waals surface area contributed by atoms with E-state index in [1.807, 2.05) is 6.92 Å². The van der Waals surface area contributed by atoms with Gasteiger partial charge in [-0.25, -0.2) is 12.8 Å². The maximum Gasteiger partial charge on any atom is 0.264 e. The number of carbonyl (C=O) groups excluding carboxylic acids is 2. The number of rotatable bonds is 11. The third kappa shape index (κ3) is 7.02. The van der Waals surface area contributed by atoms with Crippen LogP contribution in [0.25, 0.3) is 0 Å². The number of anilines is 1. The van der Waals surface area contributed by atoms with E-state index in [4.69, 9.17) is 16.3 Å². The molecule has 3 aromatic carbocycles. The number of likely N-dealkylation sites (N-methyl/N-ethyl adjacent to an activating group) is 1. The molecule has 0 aromatic heterocycles. The zero-order chi connectivity index (χ0) is 27.9. The third-order valence-corrected chi connectivity index (χ3v) is 7.84. The van der Waals surface area contributed by atoms with Crippen LogP contribution in [-0.4, -0.2) is 51.4 Å². The summed E-state index contributed by atoms with van der Waals surface area (Å²) in [6, 6.07) is 16.4. The second-order valence-electron chi connectivity index (χ2n) is 8.33. The summed E-state index contributed by atoms with van der Waals surface area (Å²) < 4.78 is 47.3. The van der Waals surface area contributed by atoms with Gasteiger partial charge in [-0.3, -0.25) is 13.9 Å². The van der Waals surface area contributed by atoms with Crippen molar-refractivity contribution < 1.29 is 27.1 Å². The Labute approximate surface area is 227 Å². The Morgan fingerprint density at radius 2 is 1.61 bits per heavy atom. The molecule has 38 heavy (non-hydrogen) atoms. The number of nitrogens with one attached hydrogen (secondary N) is 1. The minimum atomic E-state index is -4.29. The Morgan fingerprint density at radius 3 is 2.16 bits per heavy atom. The zero-order valence-electron chi connectivity index (χ0n) is 21.2. The monoisotopic (exact) mass is 561 g/mol. The maximum absolute atomic E-state index is 13.7. The van der Waals surface area contributed by atoms with Crippen LogP contribution in [0.2, 0.25) is 5.02 Å². The topological polar surface area (TPSA) is 96.0 Å². The molecule has 1 N–H and O–H groups in total. The second-order valence-corrected chi connectivity index (χ2v) is 10.6. The van der Waals surface area contributed by atoms with Crippen LogP contribution in [0.4, 0.5) is 10.1 Å². The average Bonchev–Trinajstić information content (AvgIpc) is 2.91. The highest BCUT2D eigenvalue weighted by Gasteiger charge is 2.32. The first-order valence-corrected chi connectivity index (χ1v) is 13.6. The number of hydrogen-bond donors (Lipinski definition) is 1. The maximum atomic E-state index is 13.7. The van der Waals surface area contributed by atoms with Crippen LogP contribution in [0.5, 0.6) is 5.75 Å². The van der Waals surface area contributed by atoms with Crippen LogP contribution in [0.15, 0.2) is 77.7 Å². The molecule has 0 heterocycles. The van der Waals surface area contributed by atoms with Gasteiger partial charge in [-0.05, 0) is 80.1 Å². The quantitative estimate of drug-likeness (QED) is 0.378. The lowest BCUT2D eigenvalue weighted by Crippen LogP contribution is -2.50. The average molecular weight is 562 g/mol. The van der Waals surface area contributed by atoms with Gasteiger partial charge in [-0.1, -0.05) is 23.7 Å². The van der Waals surface area contributed by atoms with Crippen LogP contribution in [-0.2, 0) is 26.2 Å². The second kappa shape index (κ2) is 12.7. The summed E-state index contributed by atoms with van der Waals surface area (Å²) in [7, 11) is -2.84. The van der Waals surface area contributed by atoms with Crippen LogP contribution in [0.3, 0.4) is 0 Å². The molecule has 1 atom stereocenters. The number of halogens is 2. The first-order valence-electron chi connectivity index (χ1n) is 11.8. The van der Waals surface area contributed by atoms with Crippen LogP contribution in [0, 0.1) is 5.82 Å². The molecule has 0 bridgehead atoms. The van der Waals surface area contributed by atoms with E-state index >= 15 is 0 Å². The highest BCUT2D eigenvalue weighted by atomic mass is 35.5.